The number of nitrogens with one attached hydrogen (secondary N) is 2. The Kier molecular flexibility index (Phi) is 10.7. The van der Waals surface area contributed by atoms with Crippen LogP contribution in [0.4, 0.5) is 16.4 Å². The minimum absolute atomic E-state index is 0. The van der Waals surface area contributed by atoms with Gasteiger partial charge in [-0.1, -0.05) is 23.9 Å². The van der Waals surface area contributed by atoms with E-state index in [0.717, 1.165) is 28.8 Å². The molecule has 1 aliphatic carbocycles. The van der Waals surface area contributed by atoms with Crippen molar-refractivity contribution >= 4 is 59.0 Å². The van der Waals surface area contributed by atoms with Gasteiger partial charge in [0, 0.05) is 25.1 Å². The molecule has 1 saturated heterocycles. The van der Waals surface area contributed by atoms with E-state index in [0.29, 0.717) is 23.2 Å². The Bertz CT molecular complexity index is 1770. The van der Waals surface area contributed by atoms with Crippen LogP contribution in [0.2, 0.25) is 0 Å². The predicted octanol–water partition coefficient (Wildman–Crippen LogP) is -3.94. The van der Waals surface area contributed by atoms with E-state index in [2.05, 4.69) is 36.1 Å². The Morgan fingerprint density at radius 1 is 1.23 bits per heavy atom. The van der Waals surface area contributed by atoms with E-state index >= 15 is 0 Å². The molecule has 2 fully saturated rings. The van der Waals surface area contributed by atoms with Gasteiger partial charge in [0.15, 0.2) is 0 Å². The number of phenols is 1. The van der Waals surface area contributed by atoms with Crippen LogP contribution in [0.3, 0.4) is 0 Å². The van der Waals surface area contributed by atoms with Gasteiger partial charge in [0.25, 0.3) is 5.91 Å². The van der Waals surface area contributed by atoms with Crippen molar-refractivity contribution in [3.8, 4) is 11.6 Å². The summed E-state index contributed by atoms with van der Waals surface area (Å²) in [6.45, 7) is 0.608. The molecule has 6 N–H and O–H groups in total. The Hall–Kier alpha value is -4.11. The molecule has 2 unspecified atom stereocenters. The fraction of sp³-hybridized carbons (Fsp3) is 0.370. The number of carbonyl (C=O) groups is 4. The molecule has 4 amide bonds. The molecule has 4 heterocycles. The largest absolute Gasteiger partial charge is 1.00 e. The first-order chi connectivity index (χ1) is 22.5. The number of aryl methyl sites for hydroxylation is 1. The number of nitrogens with two attached hydrogens (primary N) is 1. The second kappa shape index (κ2) is 14.6. The van der Waals surface area contributed by atoms with E-state index < -0.39 is 47.2 Å². The van der Waals surface area contributed by atoms with Gasteiger partial charge in [-0.05, 0) is 52.5 Å². The number of primary amides is 1. The standard InChI is InChI=1S/C27H29N11O7S2.Na/c1-36-27(33-34-35-36)47-11-14-10-46-23-17(22(42)38(23)19(14)24(43)44)31-21(41)18(13-4-6-15(39)7-5-13)37(25(28)45)16-9-30-26(32-20(16)40)29-8-12-2-3-12;/h4-7,9,12,17-18,23,39H,2-3,8,10-11H2,1H3,(H2,28,45)(H,31,41)(H,43,44)(H2,29,30,32,40);/q;+1/p-1/t17?,18?,23-;/m1./s1. The number of rotatable bonds is 12. The molecule has 0 radical (unpaired) electrons. The first-order valence-corrected chi connectivity index (χ1v) is 16.3. The van der Waals surface area contributed by atoms with E-state index in [1.54, 1.807) is 7.05 Å². The third-order valence-corrected chi connectivity index (χ3v) is 10.1. The number of fused-ring (bicyclic) bond motifs is 1. The van der Waals surface area contributed by atoms with Crippen LogP contribution in [0.15, 0.2) is 46.9 Å². The van der Waals surface area contributed by atoms with Crippen LogP contribution in [0, 0.1) is 5.92 Å². The molecule has 6 rings (SSSR count). The van der Waals surface area contributed by atoms with Crippen LogP contribution in [-0.2, 0) is 21.4 Å². The summed E-state index contributed by atoms with van der Waals surface area (Å²) >= 11 is 2.43. The second-order valence-corrected chi connectivity index (χ2v) is 13.0. The van der Waals surface area contributed by atoms with Gasteiger partial charge in [-0.15, -0.1) is 16.9 Å². The molecule has 48 heavy (non-hydrogen) atoms. The first kappa shape index (κ1) is 35.2. The van der Waals surface area contributed by atoms with Gasteiger partial charge in [0.2, 0.25) is 22.9 Å². The third-order valence-electron chi connectivity index (χ3n) is 7.70. The predicted molar refractivity (Wildman–Crippen MR) is 164 cm³/mol. The van der Waals surface area contributed by atoms with E-state index in [1.807, 2.05) is 0 Å². The number of hydrogen-bond acceptors (Lipinski definition) is 15. The molecule has 246 valence electrons. The number of nitrogens with zero attached hydrogens (tertiary/aromatic N) is 8. The van der Waals surface area contributed by atoms with Gasteiger partial charge < -0.3 is 36.5 Å². The average molecular weight is 706 g/mol. The zero-order chi connectivity index (χ0) is 33.4. The molecular formula is C27H28N11NaO7S2. The minimum Gasteiger partial charge on any atom is -0.543 e. The molecule has 1 saturated carbocycles. The summed E-state index contributed by atoms with van der Waals surface area (Å²) in [5.41, 5.74) is 5.76. The number of phenolic OH excluding ortho intramolecular Hbond substituents is 1. The second-order valence-electron chi connectivity index (χ2n) is 10.9. The number of anilines is 2. The van der Waals surface area contributed by atoms with Crippen molar-refractivity contribution in [1.82, 2.24) is 40.4 Å². The maximum absolute atomic E-state index is 14.0. The first-order valence-electron chi connectivity index (χ1n) is 14.2. The summed E-state index contributed by atoms with van der Waals surface area (Å²) in [7, 11) is 1.63. The number of carbonyl (C=O) groups excluding carboxylic acids is 4. The van der Waals surface area contributed by atoms with Crippen molar-refractivity contribution in [3.63, 3.8) is 0 Å². The van der Waals surface area contributed by atoms with Crippen LogP contribution in [0.5, 0.6) is 11.6 Å². The van der Waals surface area contributed by atoms with Gasteiger partial charge in [-0.3, -0.25) is 19.4 Å². The van der Waals surface area contributed by atoms with Gasteiger partial charge in [-0.25, -0.2) is 14.5 Å². The number of tetrazole rings is 1. The molecule has 2 aromatic heterocycles. The third kappa shape index (κ3) is 7.16. The van der Waals surface area contributed by atoms with Crippen molar-refractivity contribution in [2.45, 2.75) is 35.5 Å². The van der Waals surface area contributed by atoms with Crippen molar-refractivity contribution < 1.29 is 64.1 Å². The Morgan fingerprint density at radius 3 is 2.56 bits per heavy atom. The summed E-state index contributed by atoms with van der Waals surface area (Å²) in [4.78, 5) is 62.5. The number of β-lactam (4-membered cyclic amide) rings is 1. The summed E-state index contributed by atoms with van der Waals surface area (Å²) in [5, 5.41) is 49.3. The monoisotopic (exact) mass is 705 g/mol. The van der Waals surface area contributed by atoms with Crippen LogP contribution < -0.4 is 55.9 Å². The molecule has 0 bridgehead atoms. The maximum atomic E-state index is 14.0. The van der Waals surface area contributed by atoms with Gasteiger partial charge in [-0.2, -0.15) is 4.98 Å². The molecule has 1 aromatic carbocycles. The minimum atomic E-state index is -1.56. The zero-order valence-corrected chi connectivity index (χ0v) is 29.3. The summed E-state index contributed by atoms with van der Waals surface area (Å²) in [5.74, 6) is -2.89. The van der Waals surface area contributed by atoms with Crippen LogP contribution in [0.25, 0.3) is 0 Å². The molecular weight excluding hydrogens is 677 g/mol. The molecule has 3 aromatic rings. The number of carboxylic acids is 1. The fourth-order valence-corrected chi connectivity index (χ4v) is 7.48. The number of carboxylic acid groups (broad SMARTS) is 1. The summed E-state index contributed by atoms with van der Waals surface area (Å²) < 4.78 is 1.43. The molecule has 21 heteroatoms. The number of aromatic nitrogens is 6. The normalized spacial score (nSPS) is 19.0. The van der Waals surface area contributed by atoms with Crippen molar-refractivity contribution in [1.29, 1.82) is 0 Å². The van der Waals surface area contributed by atoms with E-state index in [-0.39, 0.29) is 69.7 Å². The van der Waals surface area contributed by atoms with E-state index in [4.69, 9.17) is 5.73 Å². The van der Waals surface area contributed by atoms with Crippen molar-refractivity contribution in [3.05, 3.63) is 47.3 Å². The molecule has 3 aliphatic rings. The van der Waals surface area contributed by atoms with Crippen LogP contribution in [0.1, 0.15) is 24.4 Å². The topological polar surface area (TPSA) is 258 Å². The number of amides is 4. The number of hydrogen-bond donors (Lipinski definition) is 5. The van der Waals surface area contributed by atoms with Gasteiger partial charge in [0.1, 0.15) is 28.9 Å². The van der Waals surface area contributed by atoms with E-state index in [1.165, 1.54) is 52.5 Å². The number of aliphatic carboxylic acids is 1. The average Bonchev–Trinajstić information content (AvgIpc) is 3.79. The smallest absolute Gasteiger partial charge is 0.543 e. The number of urea groups is 1. The fourth-order valence-electron chi connectivity index (χ4n) is 5.15. The number of aromatic hydroxyl groups is 2. The van der Waals surface area contributed by atoms with Crippen molar-refractivity contribution in [2.24, 2.45) is 18.7 Å². The quantitative estimate of drug-likeness (QED) is 0.0685. The Balaban J connectivity index is 0.00000451. The zero-order valence-electron chi connectivity index (χ0n) is 25.6. The Morgan fingerprint density at radius 2 is 1.96 bits per heavy atom. The van der Waals surface area contributed by atoms with Crippen LogP contribution in [-0.4, -0.2) is 98.6 Å². The number of thioether (sulfide) groups is 2. The van der Waals surface area contributed by atoms with Gasteiger partial charge >= 0.3 is 35.6 Å². The molecule has 18 nitrogen and oxygen atoms in total. The summed E-state index contributed by atoms with van der Waals surface area (Å²) in [6, 6.07) is 1.44. The molecule has 3 atom stereocenters. The molecule has 0 spiro atoms. The van der Waals surface area contributed by atoms with Crippen molar-refractivity contribution in [2.75, 3.05) is 28.3 Å². The summed E-state index contributed by atoms with van der Waals surface area (Å²) in [6.07, 6.45) is 3.29. The maximum Gasteiger partial charge on any atom is 1.00 e. The Labute approximate surface area is 303 Å². The van der Waals surface area contributed by atoms with E-state index in [9.17, 15) is 34.5 Å². The van der Waals surface area contributed by atoms with Crippen LogP contribution >= 0.6 is 23.5 Å². The molecule has 2 aliphatic heterocycles. The van der Waals surface area contributed by atoms with Gasteiger partial charge in [0.05, 0.1) is 17.9 Å². The number of benzene rings is 1. The SMILES string of the molecule is Cn1nnnc1SCC1=C(C(=O)[O-])N2C(=O)C(NC(=O)C(c3ccc(O)cc3)N(C(N)=O)c3cnc(NCC4CC4)nc3O)[C@H]2SC1.[Na+].